The van der Waals surface area contributed by atoms with Gasteiger partial charge in [-0.3, -0.25) is 38.4 Å². The first-order valence-corrected chi connectivity index (χ1v) is 18.0. The fourth-order valence-corrected chi connectivity index (χ4v) is 4.86. The number of amides is 2. The van der Waals surface area contributed by atoms with Crippen molar-refractivity contribution in [2.45, 2.75) is 98.4 Å². The Labute approximate surface area is 323 Å². The highest BCUT2D eigenvalue weighted by Gasteiger charge is 2.09. The quantitative estimate of drug-likeness (QED) is 0.141. The van der Waals surface area contributed by atoms with E-state index in [2.05, 4.69) is 20.1 Å². The smallest absolute Gasteiger partial charge is 0.305 e. The molecule has 0 unspecified atom stereocenters. The van der Waals surface area contributed by atoms with Crippen LogP contribution in [0.4, 0.5) is 5.69 Å². The summed E-state index contributed by atoms with van der Waals surface area (Å²) in [7, 11) is 2.63. The maximum absolute atomic E-state index is 11.6. The molecule has 0 aromatic heterocycles. The number of ketones is 4. The van der Waals surface area contributed by atoms with Crippen molar-refractivity contribution in [2.75, 3.05) is 19.5 Å². The predicted molar refractivity (Wildman–Crippen MR) is 209 cm³/mol. The van der Waals surface area contributed by atoms with Crippen LogP contribution in [0.2, 0.25) is 0 Å². The molecule has 0 aliphatic carbocycles. The number of esters is 2. The Hall–Kier alpha value is -5.78. The van der Waals surface area contributed by atoms with Crippen LogP contribution in [0.3, 0.4) is 0 Å². The lowest BCUT2D eigenvalue weighted by Crippen LogP contribution is -2.18. The summed E-state index contributed by atoms with van der Waals surface area (Å²) in [5.41, 5.74) is 5.84. The molecule has 0 saturated heterocycles. The maximum atomic E-state index is 11.6. The number of rotatable bonds is 19. The number of hydrogen-bond acceptors (Lipinski definition) is 10. The summed E-state index contributed by atoms with van der Waals surface area (Å²) < 4.78 is 8.98. The van der Waals surface area contributed by atoms with Crippen molar-refractivity contribution in [3.63, 3.8) is 0 Å². The molecule has 0 atom stereocenters. The van der Waals surface area contributed by atoms with Crippen LogP contribution < -0.4 is 10.6 Å². The van der Waals surface area contributed by atoms with Crippen LogP contribution in [0.1, 0.15) is 94.0 Å². The Bertz CT molecular complexity index is 1680. The SMILES string of the molecule is CC(=O)Cc1ccc(NC(C)=O)cc1.COC(=O)CCC(=O)CCc1ccc(CC(C)=O)cc1.COC(=O)CCC(=O)CCc1ccc(CNC(C)=O)cc1. The summed E-state index contributed by atoms with van der Waals surface area (Å²) in [4.78, 5) is 88.4. The standard InChI is InChI=1S/C16H21NO4.C16H20O4.C11H13NO2/c1-12(18)17-11-14-5-3-13(4-6-14)7-8-15(19)9-10-16(20)21-2;1-12(17)11-14-5-3-13(4-6-14)7-8-15(18)9-10-16(19)20-2;1-8(13)7-10-3-5-11(6-4-10)12-9(2)14/h3-6H,7-11H2,1-2H3,(H,17,18);3-6H,7-11H2,1-2H3;3-6H,7H2,1-2H3,(H,12,14). The fraction of sp³-hybridized carbons (Fsp3) is 0.395. The van der Waals surface area contributed by atoms with Gasteiger partial charge in [0, 0.05) is 64.6 Å². The van der Waals surface area contributed by atoms with E-state index in [9.17, 15) is 38.4 Å². The molecule has 0 bridgehead atoms. The summed E-state index contributed by atoms with van der Waals surface area (Å²) in [5, 5.41) is 5.39. The molecule has 12 nitrogen and oxygen atoms in total. The Balaban J connectivity index is 0.000000421. The van der Waals surface area contributed by atoms with Crippen LogP contribution in [-0.2, 0) is 80.1 Å². The number of benzene rings is 3. The van der Waals surface area contributed by atoms with E-state index >= 15 is 0 Å². The van der Waals surface area contributed by atoms with Gasteiger partial charge in [0.05, 0.1) is 27.1 Å². The lowest BCUT2D eigenvalue weighted by Gasteiger charge is -2.05. The number of carbonyl (C=O) groups is 8. The molecule has 55 heavy (non-hydrogen) atoms. The minimum atomic E-state index is -0.356. The van der Waals surface area contributed by atoms with Crippen LogP contribution in [-0.4, -0.2) is 61.1 Å². The highest BCUT2D eigenvalue weighted by molar-refractivity contribution is 5.88. The molecule has 0 spiro atoms. The Morgan fingerprint density at radius 1 is 0.455 bits per heavy atom. The molecular weight excluding hydrogens is 704 g/mol. The molecule has 0 saturated carbocycles. The van der Waals surface area contributed by atoms with E-state index in [-0.39, 0.29) is 72.6 Å². The van der Waals surface area contributed by atoms with Crippen LogP contribution >= 0.6 is 0 Å². The average Bonchev–Trinajstić information content (AvgIpc) is 3.15. The van der Waals surface area contributed by atoms with E-state index in [0.29, 0.717) is 45.1 Å². The Morgan fingerprint density at radius 3 is 1.16 bits per heavy atom. The lowest BCUT2D eigenvalue weighted by atomic mass is 10.0. The monoisotopic (exact) mass is 758 g/mol. The van der Waals surface area contributed by atoms with E-state index in [1.54, 1.807) is 26.0 Å². The van der Waals surface area contributed by atoms with Gasteiger partial charge in [-0.05, 0) is 66.6 Å². The Morgan fingerprint density at radius 2 is 0.818 bits per heavy atom. The summed E-state index contributed by atoms with van der Waals surface area (Å²) >= 11 is 0. The van der Waals surface area contributed by atoms with E-state index in [4.69, 9.17) is 0 Å². The van der Waals surface area contributed by atoms with Crippen LogP contribution in [0.25, 0.3) is 0 Å². The zero-order valence-electron chi connectivity index (χ0n) is 32.8. The molecular formula is C43H54N2O10. The normalized spacial score (nSPS) is 9.93. The van der Waals surface area contributed by atoms with Crippen molar-refractivity contribution in [1.82, 2.24) is 5.32 Å². The molecule has 3 aromatic rings. The van der Waals surface area contributed by atoms with Gasteiger partial charge in [0.2, 0.25) is 11.8 Å². The van der Waals surface area contributed by atoms with Crippen LogP contribution in [0.15, 0.2) is 72.8 Å². The van der Waals surface area contributed by atoms with Crippen molar-refractivity contribution >= 4 is 52.6 Å². The van der Waals surface area contributed by atoms with E-state index < -0.39 is 0 Å². The summed E-state index contributed by atoms with van der Waals surface area (Å²) in [5.74, 6) is -0.476. The number of hydrogen-bond donors (Lipinski definition) is 2. The number of nitrogens with one attached hydrogen (secondary N) is 2. The fourth-order valence-electron chi connectivity index (χ4n) is 4.86. The first kappa shape index (κ1) is 47.2. The van der Waals surface area contributed by atoms with Crippen LogP contribution in [0.5, 0.6) is 0 Å². The van der Waals surface area contributed by atoms with Crippen molar-refractivity contribution in [2.24, 2.45) is 0 Å². The van der Waals surface area contributed by atoms with Gasteiger partial charge < -0.3 is 20.1 Å². The van der Waals surface area contributed by atoms with Gasteiger partial charge in [-0.25, -0.2) is 0 Å². The molecule has 0 fully saturated rings. The van der Waals surface area contributed by atoms with Crippen molar-refractivity contribution in [3.05, 3.63) is 101 Å². The summed E-state index contributed by atoms with van der Waals surface area (Å²) in [6, 6.07) is 22.7. The van der Waals surface area contributed by atoms with Gasteiger partial charge in [-0.15, -0.1) is 0 Å². The highest BCUT2D eigenvalue weighted by atomic mass is 16.5. The first-order valence-electron chi connectivity index (χ1n) is 18.0. The van der Waals surface area contributed by atoms with Gasteiger partial charge in [-0.2, -0.15) is 0 Å². The van der Waals surface area contributed by atoms with E-state index in [1.165, 1.54) is 28.1 Å². The second-order valence-corrected chi connectivity index (χ2v) is 12.9. The molecule has 0 aliphatic rings. The van der Waals surface area contributed by atoms with E-state index in [0.717, 1.165) is 33.5 Å². The second-order valence-electron chi connectivity index (χ2n) is 12.9. The number of carbonyl (C=O) groups excluding carboxylic acids is 8. The average molecular weight is 759 g/mol. The largest absolute Gasteiger partial charge is 0.469 e. The number of Topliss-reactive ketones (excluding diaryl/α,β-unsaturated/α-hetero) is 4. The van der Waals surface area contributed by atoms with Gasteiger partial charge in [-0.1, -0.05) is 60.7 Å². The third kappa shape index (κ3) is 24.2. The second kappa shape index (κ2) is 26.9. The van der Waals surface area contributed by atoms with Gasteiger partial charge in [0.1, 0.15) is 23.1 Å². The summed E-state index contributed by atoms with van der Waals surface area (Å²) in [6.07, 6.45) is 3.78. The Kier molecular flexibility index (Phi) is 23.1. The van der Waals surface area contributed by atoms with Crippen LogP contribution in [0, 0.1) is 0 Å². The molecule has 3 aromatic carbocycles. The molecule has 3 rings (SSSR count). The lowest BCUT2D eigenvalue weighted by molar-refractivity contribution is -0.142. The molecule has 12 heteroatoms. The molecule has 296 valence electrons. The minimum absolute atomic E-state index is 0.0581. The number of methoxy groups -OCH3 is 2. The molecule has 0 heterocycles. The molecule has 2 N–H and O–H groups in total. The van der Waals surface area contributed by atoms with Gasteiger partial charge in [0.25, 0.3) is 0 Å². The minimum Gasteiger partial charge on any atom is -0.469 e. The van der Waals surface area contributed by atoms with Crippen molar-refractivity contribution in [1.29, 1.82) is 0 Å². The highest BCUT2D eigenvalue weighted by Crippen LogP contribution is 2.12. The van der Waals surface area contributed by atoms with Crippen molar-refractivity contribution in [3.8, 4) is 0 Å². The predicted octanol–water partition coefficient (Wildman–Crippen LogP) is 5.83. The molecule has 0 radical (unpaired) electrons. The zero-order chi connectivity index (χ0) is 41.2. The van der Waals surface area contributed by atoms with Gasteiger partial charge in [0.15, 0.2) is 0 Å². The third-order valence-corrected chi connectivity index (χ3v) is 7.82. The topological polar surface area (TPSA) is 179 Å². The molecule has 0 aliphatic heterocycles. The molecule has 2 amide bonds. The summed E-state index contributed by atoms with van der Waals surface area (Å²) in [6.45, 7) is 6.57. The zero-order valence-corrected chi connectivity index (χ0v) is 32.8. The third-order valence-electron chi connectivity index (χ3n) is 7.82. The number of ether oxygens (including phenoxy) is 2. The van der Waals surface area contributed by atoms with Gasteiger partial charge >= 0.3 is 11.9 Å². The number of aryl methyl sites for hydroxylation is 2. The number of anilines is 1. The first-order chi connectivity index (χ1) is 26.1. The van der Waals surface area contributed by atoms with Crippen molar-refractivity contribution < 1.29 is 47.8 Å². The van der Waals surface area contributed by atoms with E-state index in [1.807, 2.05) is 60.7 Å². The maximum Gasteiger partial charge on any atom is 0.305 e.